The molecule has 1 saturated heterocycles. The topological polar surface area (TPSA) is 40.6 Å². The van der Waals surface area contributed by atoms with Gasteiger partial charge in [-0.05, 0) is 55.2 Å². The number of fused-ring (bicyclic) bond motifs is 1. The molecule has 1 atom stereocenters. The molecule has 26 heavy (non-hydrogen) atoms. The molecule has 2 amide bonds. The highest BCUT2D eigenvalue weighted by molar-refractivity contribution is 6.05. The van der Waals surface area contributed by atoms with Crippen molar-refractivity contribution in [2.75, 3.05) is 16.3 Å². The summed E-state index contributed by atoms with van der Waals surface area (Å²) in [5.74, 6) is 0.186. The molecule has 0 N–H and O–H groups in total. The molecule has 2 aromatic carbocycles. The smallest absolute Gasteiger partial charge is 0.251 e. The standard InChI is InChI=1S/C22H22N2O2/c1-16-15-18-5-2-3-6-20(18)24(16)22(26)13-10-17-8-11-19(12-9-17)23-14-4-7-21(23)25/h2-3,5-6,8-13,16H,4,7,14-15H2,1H3. The van der Waals surface area contributed by atoms with Crippen molar-refractivity contribution in [3.8, 4) is 0 Å². The van der Waals surface area contributed by atoms with Crippen LogP contribution in [0.5, 0.6) is 0 Å². The summed E-state index contributed by atoms with van der Waals surface area (Å²) in [4.78, 5) is 28.2. The zero-order chi connectivity index (χ0) is 18.1. The van der Waals surface area contributed by atoms with Crippen LogP contribution in [0.15, 0.2) is 54.6 Å². The first-order valence-corrected chi connectivity index (χ1v) is 9.13. The minimum absolute atomic E-state index is 0.00115. The Morgan fingerprint density at radius 1 is 1.12 bits per heavy atom. The molecule has 0 radical (unpaired) electrons. The minimum Gasteiger partial charge on any atom is -0.312 e. The van der Waals surface area contributed by atoms with E-state index in [0.29, 0.717) is 6.42 Å². The molecule has 1 fully saturated rings. The van der Waals surface area contributed by atoms with Crippen molar-refractivity contribution in [1.29, 1.82) is 0 Å². The van der Waals surface area contributed by atoms with Gasteiger partial charge < -0.3 is 9.80 Å². The monoisotopic (exact) mass is 346 g/mol. The number of amides is 2. The van der Waals surface area contributed by atoms with Gasteiger partial charge in [0.25, 0.3) is 5.91 Å². The van der Waals surface area contributed by atoms with Crippen LogP contribution in [0.3, 0.4) is 0 Å². The Hall–Kier alpha value is -2.88. The van der Waals surface area contributed by atoms with Gasteiger partial charge in [0.05, 0.1) is 0 Å². The van der Waals surface area contributed by atoms with Gasteiger partial charge in [0.15, 0.2) is 0 Å². The van der Waals surface area contributed by atoms with Crippen molar-refractivity contribution in [3.05, 3.63) is 65.7 Å². The fraction of sp³-hybridized carbons (Fsp3) is 0.273. The number of rotatable bonds is 3. The van der Waals surface area contributed by atoms with Crippen molar-refractivity contribution in [2.24, 2.45) is 0 Å². The SMILES string of the molecule is CC1Cc2ccccc2N1C(=O)C=Cc1ccc(N2CCCC2=O)cc1. The van der Waals surface area contributed by atoms with E-state index in [9.17, 15) is 9.59 Å². The summed E-state index contributed by atoms with van der Waals surface area (Å²) < 4.78 is 0. The summed E-state index contributed by atoms with van der Waals surface area (Å²) in [5, 5.41) is 0. The van der Waals surface area contributed by atoms with Gasteiger partial charge in [-0.3, -0.25) is 9.59 Å². The summed E-state index contributed by atoms with van der Waals surface area (Å²) in [7, 11) is 0. The fourth-order valence-corrected chi connectivity index (χ4v) is 3.84. The van der Waals surface area contributed by atoms with Crippen LogP contribution in [0.25, 0.3) is 6.08 Å². The van der Waals surface area contributed by atoms with Crippen molar-refractivity contribution in [3.63, 3.8) is 0 Å². The van der Waals surface area contributed by atoms with Crippen molar-refractivity contribution < 1.29 is 9.59 Å². The maximum absolute atomic E-state index is 12.7. The molecular weight excluding hydrogens is 324 g/mol. The summed E-state index contributed by atoms with van der Waals surface area (Å²) in [6, 6.07) is 16.0. The van der Waals surface area contributed by atoms with Gasteiger partial charge in [-0.1, -0.05) is 30.3 Å². The van der Waals surface area contributed by atoms with Gasteiger partial charge in [0.2, 0.25) is 5.91 Å². The summed E-state index contributed by atoms with van der Waals surface area (Å²) in [6.07, 6.45) is 5.92. The Kier molecular flexibility index (Phi) is 4.33. The average molecular weight is 346 g/mol. The van der Waals surface area contributed by atoms with Gasteiger partial charge in [0.1, 0.15) is 0 Å². The van der Waals surface area contributed by atoms with Gasteiger partial charge in [-0.25, -0.2) is 0 Å². The molecule has 0 aliphatic carbocycles. The van der Waals surface area contributed by atoms with Gasteiger partial charge >= 0.3 is 0 Å². The van der Waals surface area contributed by atoms with Crippen LogP contribution in [0.2, 0.25) is 0 Å². The van der Waals surface area contributed by atoms with Gasteiger partial charge in [-0.2, -0.15) is 0 Å². The van der Waals surface area contributed by atoms with Crippen molar-refractivity contribution >= 4 is 29.3 Å². The van der Waals surface area contributed by atoms with E-state index < -0.39 is 0 Å². The predicted molar refractivity (Wildman–Crippen MR) is 104 cm³/mol. The number of carbonyl (C=O) groups is 2. The maximum Gasteiger partial charge on any atom is 0.251 e. The zero-order valence-corrected chi connectivity index (χ0v) is 14.9. The molecule has 2 aliphatic heterocycles. The number of hydrogen-bond donors (Lipinski definition) is 0. The Balaban J connectivity index is 1.48. The maximum atomic E-state index is 12.7. The van der Waals surface area contributed by atoms with E-state index in [1.165, 1.54) is 5.56 Å². The van der Waals surface area contributed by atoms with E-state index in [1.807, 2.05) is 58.3 Å². The minimum atomic E-state index is 0.00115. The molecule has 2 aliphatic rings. The van der Waals surface area contributed by atoms with Crippen LogP contribution >= 0.6 is 0 Å². The van der Waals surface area contributed by atoms with Crippen molar-refractivity contribution in [2.45, 2.75) is 32.2 Å². The number of anilines is 2. The van der Waals surface area contributed by atoms with Crippen LogP contribution in [0.4, 0.5) is 11.4 Å². The van der Waals surface area contributed by atoms with Gasteiger partial charge in [0, 0.05) is 36.5 Å². The molecule has 0 bridgehead atoms. The van der Waals surface area contributed by atoms with Crippen molar-refractivity contribution in [1.82, 2.24) is 0 Å². The second-order valence-electron chi connectivity index (χ2n) is 6.96. The Bertz CT molecular complexity index is 870. The fourth-order valence-electron chi connectivity index (χ4n) is 3.84. The normalized spacial score (nSPS) is 19.4. The largest absolute Gasteiger partial charge is 0.312 e. The van der Waals surface area contributed by atoms with E-state index in [-0.39, 0.29) is 17.9 Å². The first kappa shape index (κ1) is 16.6. The molecule has 4 nitrogen and oxygen atoms in total. The molecule has 1 unspecified atom stereocenters. The lowest BCUT2D eigenvalue weighted by Crippen LogP contribution is -2.34. The van der Waals surface area contributed by atoms with E-state index in [1.54, 1.807) is 6.08 Å². The predicted octanol–water partition coefficient (Wildman–Crippen LogP) is 3.80. The highest BCUT2D eigenvalue weighted by atomic mass is 16.2. The highest BCUT2D eigenvalue weighted by Gasteiger charge is 2.29. The number of hydrogen-bond acceptors (Lipinski definition) is 2. The molecular formula is C22H22N2O2. The molecule has 4 rings (SSSR count). The molecule has 0 aromatic heterocycles. The lowest BCUT2D eigenvalue weighted by molar-refractivity contribution is -0.117. The quantitative estimate of drug-likeness (QED) is 0.793. The second-order valence-corrected chi connectivity index (χ2v) is 6.96. The molecule has 0 spiro atoms. The summed E-state index contributed by atoms with van der Waals surface area (Å²) >= 11 is 0. The number of para-hydroxylation sites is 1. The molecule has 0 saturated carbocycles. The van der Waals surface area contributed by atoms with Crippen LogP contribution in [-0.4, -0.2) is 24.4 Å². The molecule has 2 aromatic rings. The molecule has 2 heterocycles. The third-order valence-electron chi connectivity index (χ3n) is 5.14. The van der Waals surface area contributed by atoms with E-state index in [4.69, 9.17) is 0 Å². The second kappa shape index (κ2) is 6.79. The Labute approximate surface area is 153 Å². The Morgan fingerprint density at radius 2 is 1.88 bits per heavy atom. The first-order chi connectivity index (χ1) is 12.6. The lowest BCUT2D eigenvalue weighted by atomic mass is 10.1. The lowest BCUT2D eigenvalue weighted by Gasteiger charge is -2.21. The van der Waals surface area contributed by atoms with E-state index in [2.05, 4.69) is 13.0 Å². The number of carbonyl (C=O) groups excluding carboxylic acids is 2. The number of benzene rings is 2. The third-order valence-corrected chi connectivity index (χ3v) is 5.14. The average Bonchev–Trinajstić information content (AvgIpc) is 3.22. The highest BCUT2D eigenvalue weighted by Crippen LogP contribution is 2.32. The third kappa shape index (κ3) is 3.03. The molecule has 132 valence electrons. The summed E-state index contributed by atoms with van der Waals surface area (Å²) in [6.45, 7) is 2.87. The summed E-state index contributed by atoms with van der Waals surface area (Å²) in [5.41, 5.74) is 4.12. The van der Waals surface area contributed by atoms with E-state index >= 15 is 0 Å². The van der Waals surface area contributed by atoms with Crippen LogP contribution in [0.1, 0.15) is 30.9 Å². The first-order valence-electron chi connectivity index (χ1n) is 9.13. The van der Waals surface area contributed by atoms with Crippen LogP contribution in [0, 0.1) is 0 Å². The number of nitrogens with zero attached hydrogens (tertiary/aromatic N) is 2. The molecule has 4 heteroatoms. The Morgan fingerprint density at radius 3 is 2.62 bits per heavy atom. The zero-order valence-electron chi connectivity index (χ0n) is 14.9. The van der Waals surface area contributed by atoms with E-state index in [0.717, 1.165) is 36.3 Å². The van der Waals surface area contributed by atoms with Gasteiger partial charge in [-0.15, -0.1) is 0 Å². The van der Waals surface area contributed by atoms with Crippen LogP contribution < -0.4 is 9.80 Å². The van der Waals surface area contributed by atoms with Crippen LogP contribution in [-0.2, 0) is 16.0 Å².